The highest BCUT2D eigenvalue weighted by Gasteiger charge is 2.47. The van der Waals surface area contributed by atoms with Crippen LogP contribution in [0.25, 0.3) is 5.57 Å². The van der Waals surface area contributed by atoms with Crippen molar-refractivity contribution in [1.82, 2.24) is 0 Å². The summed E-state index contributed by atoms with van der Waals surface area (Å²) in [5.41, 5.74) is 6.75. The van der Waals surface area contributed by atoms with E-state index in [-0.39, 0.29) is 0 Å². The number of carboxylic acid groups (broad SMARTS) is 1. The summed E-state index contributed by atoms with van der Waals surface area (Å²) in [4.78, 5) is 14.8. The van der Waals surface area contributed by atoms with Gasteiger partial charge in [0, 0.05) is 57.7 Å². The fourth-order valence-corrected chi connectivity index (χ4v) is 15.1. The predicted molar refractivity (Wildman–Crippen MR) is 210 cm³/mol. The van der Waals surface area contributed by atoms with E-state index in [0.29, 0.717) is 45.2 Å². The van der Waals surface area contributed by atoms with E-state index < -0.39 is 14.0 Å². The van der Waals surface area contributed by atoms with Crippen molar-refractivity contribution in [2.75, 3.05) is 110 Å². The third kappa shape index (κ3) is 10.00. The van der Waals surface area contributed by atoms with Crippen LogP contribution in [0.15, 0.2) is 71.5 Å². The number of fused-ring (bicyclic) bond motifs is 2. The van der Waals surface area contributed by atoms with E-state index >= 15 is 0 Å². The van der Waals surface area contributed by atoms with Gasteiger partial charge in [-0.25, -0.2) is 9.37 Å². The zero-order valence-electron chi connectivity index (χ0n) is 30.0. The summed E-state index contributed by atoms with van der Waals surface area (Å²) in [7, 11) is 9.32. The zero-order valence-corrected chi connectivity index (χ0v) is 32.6. The van der Waals surface area contributed by atoms with Crippen molar-refractivity contribution in [3.05, 3.63) is 88.2 Å². The molecule has 1 aliphatic heterocycles. The number of carbonyl (C=O) groups is 1. The molecule has 49 heavy (non-hydrogen) atoms. The molecule has 1 N–H and O–H groups in total. The molecule has 2 aliphatic rings. The first kappa shape index (κ1) is 39.1. The largest absolute Gasteiger partial charge is 0.478 e. The van der Waals surface area contributed by atoms with E-state index in [1.807, 2.05) is 41.7 Å². The van der Waals surface area contributed by atoms with Gasteiger partial charge < -0.3 is 29.0 Å². The van der Waals surface area contributed by atoms with Gasteiger partial charge in [-0.05, 0) is 80.5 Å². The van der Waals surface area contributed by atoms with E-state index in [2.05, 4.69) is 74.1 Å². The summed E-state index contributed by atoms with van der Waals surface area (Å²) in [6, 6.07) is 16.4. The highest BCUT2D eigenvalue weighted by molar-refractivity contribution is 7.99. The zero-order chi connectivity index (χ0) is 35.2. The van der Waals surface area contributed by atoms with Crippen LogP contribution in [0, 0.1) is 0 Å². The molecular formula is C38H53N2O6S2Si+. The van der Waals surface area contributed by atoms with Gasteiger partial charge >= 0.3 is 5.97 Å². The van der Waals surface area contributed by atoms with Crippen LogP contribution >= 0.6 is 23.5 Å². The summed E-state index contributed by atoms with van der Waals surface area (Å²) in [6.45, 7) is 3.84. The second-order valence-electron chi connectivity index (χ2n) is 12.5. The van der Waals surface area contributed by atoms with Crippen molar-refractivity contribution in [1.29, 1.82) is 0 Å². The van der Waals surface area contributed by atoms with E-state index in [4.69, 9.17) is 18.9 Å². The smallest absolute Gasteiger partial charge is 0.336 e. The van der Waals surface area contributed by atoms with Gasteiger partial charge in [-0.15, -0.1) is 0 Å². The third-order valence-corrected chi connectivity index (χ3v) is 16.7. The molecule has 0 amide bonds. The van der Waals surface area contributed by atoms with Gasteiger partial charge in [-0.3, -0.25) is 0 Å². The van der Waals surface area contributed by atoms with E-state index in [0.717, 1.165) is 68.8 Å². The Bertz CT molecular complexity index is 1530. The van der Waals surface area contributed by atoms with Gasteiger partial charge in [0.2, 0.25) is 0 Å². The minimum absolute atomic E-state index is 0.324. The average Bonchev–Trinajstić information content (AvgIpc) is 3.10. The summed E-state index contributed by atoms with van der Waals surface area (Å²) < 4.78 is 24.0. The van der Waals surface area contributed by atoms with Crippen LogP contribution in [0.3, 0.4) is 0 Å². The number of rotatable bonds is 21. The topological polar surface area (TPSA) is 80.5 Å². The molecular weight excluding hydrogens is 673 g/mol. The number of ether oxygens (including phenoxy) is 4. The Morgan fingerprint density at radius 3 is 2.02 bits per heavy atom. The Kier molecular flexibility index (Phi) is 15.7. The number of hydrogen-bond acceptors (Lipinski definition) is 8. The van der Waals surface area contributed by atoms with Crippen molar-refractivity contribution in [2.45, 2.75) is 12.1 Å². The highest BCUT2D eigenvalue weighted by Crippen LogP contribution is 2.46. The first-order chi connectivity index (χ1) is 23.7. The van der Waals surface area contributed by atoms with Crippen LogP contribution in [0.4, 0.5) is 5.69 Å². The molecule has 0 spiro atoms. The Hall–Kier alpha value is -2.64. The maximum atomic E-state index is 12.6. The monoisotopic (exact) mass is 725 g/mol. The number of allylic oxidation sites excluding steroid dienone is 5. The number of hydrogen-bond donors (Lipinski definition) is 1. The second-order valence-corrected chi connectivity index (χ2v) is 19.2. The molecule has 8 nitrogen and oxygen atoms in total. The summed E-state index contributed by atoms with van der Waals surface area (Å²) in [5, 5.41) is 13.1. The summed E-state index contributed by atoms with van der Waals surface area (Å²) >= 11 is 3.91. The number of carboxylic acids is 1. The van der Waals surface area contributed by atoms with Crippen LogP contribution in [-0.2, 0) is 18.9 Å². The van der Waals surface area contributed by atoms with Crippen LogP contribution in [0.2, 0.25) is 12.1 Å². The molecule has 0 radical (unpaired) electrons. The van der Waals surface area contributed by atoms with Crippen molar-refractivity contribution in [2.24, 2.45) is 0 Å². The highest BCUT2D eigenvalue weighted by atomic mass is 32.2. The van der Waals surface area contributed by atoms with Gasteiger partial charge in [-0.2, -0.15) is 23.5 Å². The lowest BCUT2D eigenvalue weighted by Gasteiger charge is -2.43. The van der Waals surface area contributed by atoms with E-state index in [9.17, 15) is 9.90 Å². The number of benzene rings is 2. The van der Waals surface area contributed by atoms with Crippen LogP contribution in [0.5, 0.6) is 0 Å². The second kappa shape index (κ2) is 19.7. The standard InChI is InChI=1S/C38H52N2O6S2Si/c1-39(2)29-11-13-33-35(27-29)49(25-23-47-21-19-45-17-15-43-5,26-24-48-22-20-46-18-16-44-6)36-28-30(40(3)4)12-14-34(36)37(33)31-9-7-8-10-32(31)38(41)42/h7-14,27-28H,15-26H2,1-6H3/p+1. The van der Waals surface area contributed by atoms with Gasteiger partial charge in [-0.1, -0.05) is 24.3 Å². The molecule has 2 aromatic carbocycles. The summed E-state index contributed by atoms with van der Waals surface area (Å²) in [5.74, 6) is 2.98. The number of anilines is 1. The molecule has 0 fully saturated rings. The molecule has 0 atom stereocenters. The van der Waals surface area contributed by atoms with Crippen LogP contribution < -0.4 is 10.1 Å². The van der Waals surface area contributed by atoms with Crippen LogP contribution in [0.1, 0.15) is 21.5 Å². The SMILES string of the molecule is COCCOCCSCC[Si]1(CCSCCOCCOC)C2=CC(=[N+](C)C)C=CC2=C(c2ccccc2C(=O)O)c2ccc(N(C)C)cc21. The molecule has 2 aromatic rings. The summed E-state index contributed by atoms with van der Waals surface area (Å²) in [6.07, 6.45) is 6.84. The first-order valence-corrected chi connectivity index (χ1v) is 21.6. The molecule has 0 bridgehead atoms. The number of aromatic carboxylic acids is 1. The lowest BCUT2D eigenvalue weighted by Crippen LogP contribution is -2.55. The van der Waals surface area contributed by atoms with Crippen molar-refractivity contribution in [3.63, 3.8) is 0 Å². The van der Waals surface area contributed by atoms with Crippen LogP contribution in [-0.4, -0.2) is 134 Å². The van der Waals surface area contributed by atoms with E-state index in [1.54, 1.807) is 20.3 Å². The molecule has 4 rings (SSSR count). The fraction of sp³-hybridized carbons (Fsp3) is 0.474. The molecule has 11 heteroatoms. The lowest BCUT2D eigenvalue weighted by molar-refractivity contribution is -0.462. The quantitative estimate of drug-likeness (QED) is 0.103. The van der Waals surface area contributed by atoms with Crippen molar-refractivity contribution >= 4 is 59.7 Å². The lowest BCUT2D eigenvalue weighted by atomic mass is 9.87. The van der Waals surface area contributed by atoms with Gasteiger partial charge in [0.15, 0.2) is 5.71 Å². The fourth-order valence-electron chi connectivity index (χ4n) is 6.40. The molecule has 0 aromatic heterocycles. The van der Waals surface area contributed by atoms with E-state index in [1.165, 1.54) is 10.4 Å². The normalized spacial score (nSPS) is 14.8. The Balaban J connectivity index is 1.84. The minimum Gasteiger partial charge on any atom is -0.478 e. The number of thioether (sulfide) groups is 2. The molecule has 266 valence electrons. The number of methoxy groups -OCH3 is 2. The average molecular weight is 726 g/mol. The molecule has 1 heterocycles. The number of nitrogens with zero attached hydrogens (tertiary/aromatic N) is 2. The first-order valence-electron chi connectivity index (χ1n) is 16.9. The predicted octanol–water partition coefficient (Wildman–Crippen LogP) is 5.46. The van der Waals surface area contributed by atoms with Gasteiger partial charge in [0.25, 0.3) is 0 Å². The molecule has 0 saturated heterocycles. The van der Waals surface area contributed by atoms with Crippen molar-refractivity contribution < 1.29 is 33.4 Å². The third-order valence-electron chi connectivity index (χ3n) is 8.99. The molecule has 0 unspecified atom stereocenters. The Morgan fingerprint density at radius 1 is 0.816 bits per heavy atom. The maximum Gasteiger partial charge on any atom is 0.336 e. The Labute approximate surface area is 302 Å². The Morgan fingerprint density at radius 2 is 1.45 bits per heavy atom. The minimum atomic E-state index is -2.45. The van der Waals surface area contributed by atoms with Crippen molar-refractivity contribution in [3.8, 4) is 0 Å². The van der Waals surface area contributed by atoms with Gasteiger partial charge in [0.1, 0.15) is 22.2 Å². The van der Waals surface area contributed by atoms with Gasteiger partial charge in [0.05, 0.1) is 45.2 Å². The molecule has 0 saturated carbocycles. The molecule has 1 aliphatic carbocycles. The maximum absolute atomic E-state index is 12.6.